The lowest BCUT2D eigenvalue weighted by molar-refractivity contribution is -0.127. The summed E-state index contributed by atoms with van der Waals surface area (Å²) in [7, 11) is 0. The Morgan fingerprint density at radius 1 is 1.24 bits per heavy atom. The van der Waals surface area contributed by atoms with Crippen molar-refractivity contribution in [3.8, 4) is 0 Å². The van der Waals surface area contributed by atoms with Crippen LogP contribution in [0.1, 0.15) is 74.7 Å². The molecule has 0 aliphatic heterocycles. The fourth-order valence-corrected chi connectivity index (χ4v) is 5.63. The van der Waals surface area contributed by atoms with Crippen molar-refractivity contribution in [1.82, 2.24) is 14.6 Å². The van der Waals surface area contributed by atoms with Gasteiger partial charge in [-0.25, -0.2) is 0 Å². The summed E-state index contributed by atoms with van der Waals surface area (Å²) in [4.78, 5) is 41.5. The normalized spacial score (nSPS) is 15.1. The van der Waals surface area contributed by atoms with Gasteiger partial charge in [-0.2, -0.15) is 4.37 Å². The molecule has 1 aliphatic carbocycles. The number of carbonyl (C=O) groups is 3. The molecule has 3 aromatic heterocycles. The number of aromatic nitrogens is 1. The molecule has 1 saturated carbocycles. The molecule has 34 heavy (non-hydrogen) atoms. The van der Waals surface area contributed by atoms with Crippen LogP contribution >= 0.6 is 22.9 Å². The fraction of sp³-hybridized carbons (Fsp3) is 0.391. The summed E-state index contributed by atoms with van der Waals surface area (Å²) in [6.45, 7) is 1.94. The number of thiophene rings is 1. The molecule has 4 rings (SSSR count). The van der Waals surface area contributed by atoms with Gasteiger partial charge in [0.05, 0.1) is 12.2 Å². The van der Waals surface area contributed by atoms with Gasteiger partial charge < -0.3 is 26.1 Å². The van der Waals surface area contributed by atoms with Gasteiger partial charge in [0.15, 0.2) is 11.7 Å². The molecular weight excluding hydrogens is 474 g/mol. The Bertz CT molecular complexity index is 1160. The first kappa shape index (κ1) is 24.0. The maximum atomic E-state index is 13.8. The summed E-state index contributed by atoms with van der Waals surface area (Å²) in [5, 5.41) is 5.03. The molecule has 1 atom stereocenters. The minimum atomic E-state index is -1.02. The van der Waals surface area contributed by atoms with Crippen molar-refractivity contribution >= 4 is 46.3 Å². The number of hydrogen-bond donors (Lipinski definition) is 3. The van der Waals surface area contributed by atoms with E-state index in [1.54, 1.807) is 19.1 Å². The number of nitrogens with one attached hydrogen (secondary N) is 1. The summed E-state index contributed by atoms with van der Waals surface area (Å²) < 4.78 is 9.81. The van der Waals surface area contributed by atoms with Crippen molar-refractivity contribution in [2.24, 2.45) is 5.73 Å². The highest BCUT2D eigenvalue weighted by atomic mass is 32.1. The molecule has 3 heterocycles. The second-order valence-corrected chi connectivity index (χ2v) is 10.2. The van der Waals surface area contributed by atoms with E-state index < -0.39 is 17.9 Å². The van der Waals surface area contributed by atoms with E-state index >= 15 is 0 Å². The van der Waals surface area contributed by atoms with E-state index in [-0.39, 0.29) is 34.8 Å². The molecule has 0 bridgehead atoms. The Morgan fingerprint density at radius 2 is 2.00 bits per heavy atom. The monoisotopic (exact) mass is 501 g/mol. The molecule has 3 aromatic rings. The van der Waals surface area contributed by atoms with Crippen LogP contribution < -0.4 is 16.8 Å². The molecule has 1 fully saturated rings. The molecule has 0 saturated heterocycles. The molecule has 5 N–H and O–H groups in total. The number of carbonyl (C=O) groups excluding carboxylic acids is 3. The number of nitrogens with two attached hydrogens (primary N) is 2. The van der Waals surface area contributed by atoms with Crippen molar-refractivity contribution in [2.75, 3.05) is 5.73 Å². The zero-order valence-corrected chi connectivity index (χ0v) is 20.4. The maximum Gasteiger partial charge on any atom is 0.270 e. The first-order valence-electron chi connectivity index (χ1n) is 11.1. The van der Waals surface area contributed by atoms with Crippen LogP contribution in [0.5, 0.6) is 0 Å². The number of hydrogen-bond acceptors (Lipinski definition) is 8. The third kappa shape index (κ3) is 5.15. The molecule has 0 spiro atoms. The van der Waals surface area contributed by atoms with Gasteiger partial charge in [-0.15, -0.1) is 11.3 Å². The fourth-order valence-electron chi connectivity index (χ4n) is 4.16. The Hall–Kier alpha value is -3.18. The molecule has 0 unspecified atom stereocenters. The van der Waals surface area contributed by atoms with E-state index in [1.165, 1.54) is 16.2 Å². The van der Waals surface area contributed by atoms with Crippen LogP contribution in [0.25, 0.3) is 0 Å². The van der Waals surface area contributed by atoms with Crippen molar-refractivity contribution < 1.29 is 18.8 Å². The average Bonchev–Trinajstić information content (AvgIpc) is 3.55. The zero-order chi connectivity index (χ0) is 24.2. The summed E-state index contributed by atoms with van der Waals surface area (Å²) in [6.07, 6.45) is 5.07. The standard InChI is InChI=1S/C23H27N5O4S2/c1-13-9-10-16(32-13)19(22(30)26-14-6-3-2-4-7-14)28(12-15-8-5-11-33-15)23(31)20-17(24)18(21(25)29)27-34-20/h5,8-11,14,19H,2-4,6-7,12,24H2,1H3,(H2,25,29)(H,26,30)/t19-/m1/s1. The maximum absolute atomic E-state index is 13.8. The van der Waals surface area contributed by atoms with Crippen LogP contribution in [0, 0.1) is 6.92 Å². The van der Waals surface area contributed by atoms with Gasteiger partial charge >= 0.3 is 0 Å². The van der Waals surface area contributed by atoms with Crippen LogP contribution in [-0.2, 0) is 11.3 Å². The molecule has 1 aliphatic rings. The highest BCUT2D eigenvalue weighted by Gasteiger charge is 2.37. The lowest BCUT2D eigenvalue weighted by atomic mass is 9.95. The average molecular weight is 502 g/mol. The largest absolute Gasteiger partial charge is 0.464 e. The van der Waals surface area contributed by atoms with E-state index in [1.807, 2.05) is 17.5 Å². The molecule has 180 valence electrons. The SMILES string of the molecule is Cc1ccc([C@H](C(=O)NC2CCCCC2)N(Cc2cccs2)C(=O)c2snc(C(N)=O)c2N)o1. The summed E-state index contributed by atoms with van der Waals surface area (Å²) >= 11 is 2.26. The smallest absolute Gasteiger partial charge is 0.270 e. The van der Waals surface area contributed by atoms with Crippen LogP contribution in [0.3, 0.4) is 0 Å². The number of nitrogen functional groups attached to an aromatic ring is 1. The third-order valence-electron chi connectivity index (χ3n) is 5.86. The number of nitrogens with zero attached hydrogens (tertiary/aromatic N) is 2. The topological polar surface area (TPSA) is 145 Å². The first-order valence-corrected chi connectivity index (χ1v) is 12.8. The van der Waals surface area contributed by atoms with Gasteiger partial charge in [-0.3, -0.25) is 14.4 Å². The molecule has 11 heteroatoms. The predicted octanol–water partition coefficient (Wildman–Crippen LogP) is 3.62. The van der Waals surface area contributed by atoms with Crippen molar-refractivity contribution in [1.29, 1.82) is 0 Å². The van der Waals surface area contributed by atoms with Gasteiger partial charge in [0.25, 0.3) is 17.7 Å². The molecule has 0 radical (unpaired) electrons. The molecule has 9 nitrogen and oxygen atoms in total. The second-order valence-electron chi connectivity index (χ2n) is 8.35. The summed E-state index contributed by atoms with van der Waals surface area (Å²) in [5.41, 5.74) is 11.2. The van der Waals surface area contributed by atoms with E-state index in [0.29, 0.717) is 11.5 Å². The van der Waals surface area contributed by atoms with Gasteiger partial charge in [-0.1, -0.05) is 25.3 Å². The number of primary amides is 1. The Balaban J connectivity index is 1.73. The molecule has 0 aromatic carbocycles. The Labute approximate surface area is 205 Å². The lowest BCUT2D eigenvalue weighted by Gasteiger charge is -2.31. The number of furan rings is 1. The highest BCUT2D eigenvalue weighted by Crippen LogP contribution is 2.32. The first-order chi connectivity index (χ1) is 16.3. The van der Waals surface area contributed by atoms with Gasteiger partial charge in [-0.05, 0) is 54.9 Å². The van der Waals surface area contributed by atoms with E-state index in [2.05, 4.69) is 9.69 Å². The quantitative estimate of drug-likeness (QED) is 0.430. The van der Waals surface area contributed by atoms with Crippen LogP contribution in [0.2, 0.25) is 0 Å². The number of rotatable bonds is 8. The van der Waals surface area contributed by atoms with Crippen LogP contribution in [0.4, 0.5) is 5.69 Å². The minimum absolute atomic E-state index is 0.0495. The van der Waals surface area contributed by atoms with E-state index in [0.717, 1.165) is 48.5 Å². The van der Waals surface area contributed by atoms with Crippen molar-refractivity contribution in [2.45, 2.75) is 57.7 Å². The van der Waals surface area contributed by atoms with E-state index in [9.17, 15) is 14.4 Å². The molecule has 3 amide bonds. The van der Waals surface area contributed by atoms with Crippen LogP contribution in [-0.4, -0.2) is 33.0 Å². The van der Waals surface area contributed by atoms with Crippen molar-refractivity contribution in [3.05, 3.63) is 56.6 Å². The highest BCUT2D eigenvalue weighted by molar-refractivity contribution is 7.10. The van der Waals surface area contributed by atoms with Crippen LogP contribution in [0.15, 0.2) is 34.1 Å². The van der Waals surface area contributed by atoms with E-state index in [4.69, 9.17) is 15.9 Å². The Morgan fingerprint density at radius 3 is 2.59 bits per heavy atom. The molecular formula is C23H27N5O4S2. The van der Waals surface area contributed by atoms with Crippen molar-refractivity contribution in [3.63, 3.8) is 0 Å². The lowest BCUT2D eigenvalue weighted by Crippen LogP contribution is -2.46. The second kappa shape index (κ2) is 10.4. The minimum Gasteiger partial charge on any atom is -0.464 e. The number of amides is 3. The Kier molecular flexibility index (Phi) is 7.32. The zero-order valence-electron chi connectivity index (χ0n) is 18.8. The number of aryl methyl sites for hydroxylation is 1. The third-order valence-corrected chi connectivity index (χ3v) is 7.58. The van der Waals surface area contributed by atoms with Gasteiger partial charge in [0.1, 0.15) is 16.4 Å². The van der Waals surface area contributed by atoms with Gasteiger partial charge in [0.2, 0.25) is 0 Å². The van der Waals surface area contributed by atoms with Gasteiger partial charge in [0, 0.05) is 10.9 Å². The summed E-state index contributed by atoms with van der Waals surface area (Å²) in [6, 6.07) is 6.26. The predicted molar refractivity (Wildman–Crippen MR) is 130 cm³/mol. The number of anilines is 1. The summed E-state index contributed by atoms with van der Waals surface area (Å²) in [5.74, 6) is -0.666.